The third-order valence-corrected chi connectivity index (χ3v) is 5.88. The van der Waals surface area contributed by atoms with E-state index in [4.69, 9.17) is 4.42 Å². The highest BCUT2D eigenvalue weighted by Gasteiger charge is 2.36. The van der Waals surface area contributed by atoms with E-state index < -0.39 is 11.9 Å². The molecule has 1 aromatic carbocycles. The number of alkyl halides is 3. The molecule has 32 heavy (non-hydrogen) atoms. The van der Waals surface area contributed by atoms with Gasteiger partial charge in [-0.25, -0.2) is 4.98 Å². The molecule has 1 atom stereocenters. The molecule has 4 aromatic rings. The van der Waals surface area contributed by atoms with Gasteiger partial charge in [0.2, 0.25) is 0 Å². The number of nitrogens with zero attached hydrogens (tertiary/aromatic N) is 5. The first-order valence-corrected chi connectivity index (χ1v) is 10.3. The quantitative estimate of drug-likeness (QED) is 0.478. The zero-order valence-electron chi connectivity index (χ0n) is 17.3. The number of hydrogen-bond donors (Lipinski definition) is 0. The molecule has 0 bridgehead atoms. The van der Waals surface area contributed by atoms with E-state index in [9.17, 15) is 18.0 Å². The summed E-state index contributed by atoms with van der Waals surface area (Å²) in [4.78, 5) is 23.2. The SMILES string of the molecule is Cc1ccc2occ(CN3CCCC(c4cc(C(F)(F)F)n5ncnc5n4)C3)c(=O)c2c1. The Balaban J connectivity index is 1.43. The molecule has 1 aliphatic heterocycles. The first kappa shape index (κ1) is 20.6. The monoisotopic (exact) mass is 443 g/mol. The molecule has 10 heteroatoms. The van der Waals surface area contributed by atoms with Crippen molar-refractivity contribution in [3.05, 3.63) is 69.6 Å². The van der Waals surface area contributed by atoms with Crippen molar-refractivity contribution in [3.63, 3.8) is 0 Å². The van der Waals surface area contributed by atoms with Crippen LogP contribution in [0.5, 0.6) is 0 Å². The number of aryl methyl sites for hydroxylation is 1. The van der Waals surface area contributed by atoms with Gasteiger partial charge in [0.25, 0.3) is 5.78 Å². The maximum absolute atomic E-state index is 13.5. The van der Waals surface area contributed by atoms with Crippen LogP contribution in [-0.2, 0) is 12.7 Å². The van der Waals surface area contributed by atoms with Gasteiger partial charge in [0.05, 0.1) is 17.3 Å². The predicted octanol–water partition coefficient (Wildman–Crippen LogP) is 3.94. The largest absolute Gasteiger partial charge is 0.464 e. The second kappa shape index (κ2) is 7.70. The van der Waals surface area contributed by atoms with Gasteiger partial charge in [-0.1, -0.05) is 11.6 Å². The van der Waals surface area contributed by atoms with E-state index >= 15 is 0 Å². The lowest BCUT2D eigenvalue weighted by Crippen LogP contribution is -2.35. The van der Waals surface area contributed by atoms with Crippen LogP contribution in [0.4, 0.5) is 13.2 Å². The lowest BCUT2D eigenvalue weighted by molar-refractivity contribution is -0.142. The van der Waals surface area contributed by atoms with Crippen LogP contribution < -0.4 is 5.43 Å². The number of fused-ring (bicyclic) bond motifs is 2. The normalized spacial score (nSPS) is 17.9. The maximum Gasteiger partial charge on any atom is 0.433 e. The third-order valence-electron chi connectivity index (χ3n) is 5.88. The minimum absolute atomic E-state index is 0.0718. The van der Waals surface area contributed by atoms with E-state index in [1.54, 1.807) is 12.1 Å². The molecule has 0 amide bonds. The topological polar surface area (TPSA) is 76.5 Å². The van der Waals surface area contributed by atoms with Gasteiger partial charge in [-0.15, -0.1) is 0 Å². The van der Waals surface area contributed by atoms with Gasteiger partial charge >= 0.3 is 6.18 Å². The van der Waals surface area contributed by atoms with Crippen molar-refractivity contribution < 1.29 is 17.6 Å². The predicted molar refractivity (Wildman–Crippen MR) is 110 cm³/mol. The zero-order valence-corrected chi connectivity index (χ0v) is 17.3. The van der Waals surface area contributed by atoms with E-state index in [2.05, 4.69) is 20.0 Å². The standard InChI is InChI=1S/C22H20F3N5O2/c1-13-4-5-18-16(7-13)20(31)15(11-32-18)10-29-6-2-3-14(9-29)17-8-19(22(23,24)25)30-21(28-17)26-12-27-30/h4-5,7-8,11-12,14H,2-3,6,9-10H2,1H3. The maximum atomic E-state index is 13.5. The molecule has 0 spiro atoms. The van der Waals surface area contributed by atoms with Crippen LogP contribution in [0.3, 0.4) is 0 Å². The van der Waals surface area contributed by atoms with Gasteiger partial charge in [0.15, 0.2) is 11.1 Å². The number of halogens is 3. The summed E-state index contributed by atoms with van der Waals surface area (Å²) < 4.78 is 47.0. The molecule has 3 aromatic heterocycles. The Hall–Kier alpha value is -3.27. The molecule has 1 saturated heterocycles. The number of likely N-dealkylation sites (tertiary alicyclic amines) is 1. The van der Waals surface area contributed by atoms with Crippen LogP contribution in [0.15, 0.2) is 46.1 Å². The van der Waals surface area contributed by atoms with Crippen molar-refractivity contribution in [2.75, 3.05) is 13.1 Å². The van der Waals surface area contributed by atoms with Crippen LogP contribution in [0.2, 0.25) is 0 Å². The fourth-order valence-electron chi connectivity index (χ4n) is 4.32. The summed E-state index contributed by atoms with van der Waals surface area (Å²) in [6.07, 6.45) is -0.540. The van der Waals surface area contributed by atoms with E-state index in [1.807, 2.05) is 13.0 Å². The van der Waals surface area contributed by atoms with Crippen LogP contribution in [0.25, 0.3) is 16.7 Å². The lowest BCUT2D eigenvalue weighted by Gasteiger charge is -2.32. The first-order valence-electron chi connectivity index (χ1n) is 10.3. The van der Waals surface area contributed by atoms with E-state index in [0.717, 1.165) is 30.9 Å². The average molecular weight is 443 g/mol. The highest BCUT2D eigenvalue weighted by atomic mass is 19.4. The highest BCUT2D eigenvalue weighted by Crippen LogP contribution is 2.33. The van der Waals surface area contributed by atoms with Gasteiger partial charge in [0, 0.05) is 24.6 Å². The van der Waals surface area contributed by atoms with Crippen LogP contribution in [-0.4, -0.2) is 37.6 Å². The molecule has 7 nitrogen and oxygen atoms in total. The van der Waals surface area contributed by atoms with Crippen molar-refractivity contribution in [2.24, 2.45) is 0 Å². The lowest BCUT2D eigenvalue weighted by atomic mass is 9.93. The van der Waals surface area contributed by atoms with Crippen molar-refractivity contribution in [2.45, 2.75) is 38.4 Å². The molecular weight excluding hydrogens is 423 g/mol. The van der Waals surface area contributed by atoms with Gasteiger partial charge in [-0.05, 0) is 44.5 Å². The molecule has 1 fully saturated rings. The molecule has 4 heterocycles. The van der Waals surface area contributed by atoms with E-state index in [1.165, 1.54) is 6.26 Å². The van der Waals surface area contributed by atoms with Gasteiger partial charge in [-0.2, -0.15) is 27.8 Å². The van der Waals surface area contributed by atoms with Crippen molar-refractivity contribution in [1.82, 2.24) is 24.5 Å². The fourth-order valence-corrected chi connectivity index (χ4v) is 4.32. The number of aromatic nitrogens is 4. The Labute approximate surface area is 180 Å². The molecule has 0 radical (unpaired) electrons. The Morgan fingerprint density at radius 1 is 1.25 bits per heavy atom. The highest BCUT2D eigenvalue weighted by molar-refractivity contribution is 5.77. The molecule has 1 unspecified atom stereocenters. The zero-order chi connectivity index (χ0) is 22.5. The van der Waals surface area contributed by atoms with Gasteiger partial charge in [0.1, 0.15) is 11.9 Å². The smallest absolute Gasteiger partial charge is 0.433 e. The molecule has 0 aliphatic carbocycles. The Morgan fingerprint density at radius 2 is 2.09 bits per heavy atom. The summed E-state index contributed by atoms with van der Waals surface area (Å²) in [5.41, 5.74) is 1.39. The molecule has 0 saturated carbocycles. The summed E-state index contributed by atoms with van der Waals surface area (Å²) in [5.74, 6) is -0.279. The molecule has 1 aliphatic rings. The Bertz CT molecular complexity index is 1360. The minimum atomic E-state index is -4.57. The number of piperidine rings is 1. The second-order valence-electron chi connectivity index (χ2n) is 8.20. The number of benzene rings is 1. The molecule has 166 valence electrons. The van der Waals surface area contributed by atoms with Crippen molar-refractivity contribution >= 4 is 16.7 Å². The average Bonchev–Trinajstić information content (AvgIpc) is 3.23. The Morgan fingerprint density at radius 3 is 2.91 bits per heavy atom. The molecular formula is C22H20F3N5O2. The first-order chi connectivity index (χ1) is 15.3. The summed E-state index contributed by atoms with van der Waals surface area (Å²) in [6.45, 7) is 3.50. The Kier molecular flexibility index (Phi) is 4.96. The number of hydrogen-bond acceptors (Lipinski definition) is 6. The van der Waals surface area contributed by atoms with Gasteiger partial charge in [-0.3, -0.25) is 9.69 Å². The summed E-state index contributed by atoms with van der Waals surface area (Å²) >= 11 is 0. The van der Waals surface area contributed by atoms with E-state index in [0.29, 0.717) is 46.3 Å². The summed E-state index contributed by atoms with van der Waals surface area (Å²) in [6, 6.07) is 6.52. The summed E-state index contributed by atoms with van der Waals surface area (Å²) in [7, 11) is 0. The fraction of sp³-hybridized carbons (Fsp3) is 0.364. The van der Waals surface area contributed by atoms with E-state index in [-0.39, 0.29) is 17.1 Å². The van der Waals surface area contributed by atoms with Crippen LogP contribution >= 0.6 is 0 Å². The number of rotatable bonds is 3. The summed E-state index contributed by atoms with van der Waals surface area (Å²) in [5, 5.41) is 4.18. The second-order valence-corrected chi connectivity index (χ2v) is 8.20. The van der Waals surface area contributed by atoms with Crippen molar-refractivity contribution in [3.8, 4) is 0 Å². The third kappa shape index (κ3) is 3.75. The van der Waals surface area contributed by atoms with Gasteiger partial charge < -0.3 is 4.42 Å². The minimum Gasteiger partial charge on any atom is -0.464 e. The molecule has 0 N–H and O–H groups in total. The van der Waals surface area contributed by atoms with Crippen LogP contribution in [0.1, 0.15) is 41.3 Å². The molecule has 5 rings (SSSR count). The van der Waals surface area contributed by atoms with Crippen LogP contribution in [0, 0.1) is 6.92 Å². The van der Waals surface area contributed by atoms with Crippen molar-refractivity contribution in [1.29, 1.82) is 0 Å².